The van der Waals surface area contributed by atoms with Gasteiger partial charge in [0.25, 0.3) is 0 Å². The van der Waals surface area contributed by atoms with Crippen LogP contribution in [0.4, 0.5) is 0 Å². The molecule has 3 amide bonds. The van der Waals surface area contributed by atoms with Crippen LogP contribution in [0, 0.1) is 11.8 Å². The lowest BCUT2D eigenvalue weighted by molar-refractivity contribution is -0.130. The number of hydrogen-bond donors (Lipinski definition) is 5. The Labute approximate surface area is 164 Å². The van der Waals surface area contributed by atoms with Gasteiger partial charge >= 0.3 is 0 Å². The SMILES string of the molecule is CC(=O)NNCC(CC(C)C)C(=O)NC(Cc1c[nH]c2ccccc12)C(N)=O. The summed E-state index contributed by atoms with van der Waals surface area (Å²) in [5.41, 5.74) is 12.7. The summed E-state index contributed by atoms with van der Waals surface area (Å²) in [5.74, 6) is -1.22. The van der Waals surface area contributed by atoms with E-state index in [0.29, 0.717) is 12.8 Å². The lowest BCUT2D eigenvalue weighted by Crippen LogP contribution is -2.50. The molecule has 2 unspecified atom stereocenters. The lowest BCUT2D eigenvalue weighted by atomic mass is 9.95. The summed E-state index contributed by atoms with van der Waals surface area (Å²) in [7, 11) is 0. The molecule has 6 N–H and O–H groups in total. The molecule has 0 saturated heterocycles. The third-order valence-electron chi connectivity index (χ3n) is 4.50. The Morgan fingerprint density at radius 3 is 2.54 bits per heavy atom. The molecule has 0 radical (unpaired) electrons. The van der Waals surface area contributed by atoms with Gasteiger partial charge in [-0.1, -0.05) is 32.0 Å². The van der Waals surface area contributed by atoms with Gasteiger partial charge in [-0.25, -0.2) is 5.43 Å². The van der Waals surface area contributed by atoms with Crippen molar-refractivity contribution in [1.29, 1.82) is 0 Å². The molecule has 1 aromatic heterocycles. The number of aromatic amines is 1. The number of nitrogens with two attached hydrogens (primary N) is 1. The van der Waals surface area contributed by atoms with Crippen molar-refractivity contribution < 1.29 is 14.4 Å². The molecule has 0 fully saturated rings. The summed E-state index contributed by atoms with van der Waals surface area (Å²) in [6.07, 6.45) is 2.74. The fourth-order valence-electron chi connectivity index (χ4n) is 3.18. The van der Waals surface area contributed by atoms with Crippen molar-refractivity contribution in [3.63, 3.8) is 0 Å². The van der Waals surface area contributed by atoms with Crippen LogP contribution in [-0.4, -0.2) is 35.3 Å². The van der Waals surface area contributed by atoms with E-state index in [1.165, 1.54) is 6.92 Å². The maximum absolute atomic E-state index is 12.8. The van der Waals surface area contributed by atoms with E-state index >= 15 is 0 Å². The molecule has 2 aromatic rings. The predicted octanol–water partition coefficient (Wildman–Crippen LogP) is 0.984. The Morgan fingerprint density at radius 2 is 1.89 bits per heavy atom. The van der Waals surface area contributed by atoms with Crippen LogP contribution in [0.15, 0.2) is 30.5 Å². The summed E-state index contributed by atoms with van der Waals surface area (Å²) in [6, 6.07) is 6.93. The summed E-state index contributed by atoms with van der Waals surface area (Å²) in [4.78, 5) is 38.9. The molecule has 2 atom stereocenters. The minimum atomic E-state index is -0.817. The zero-order chi connectivity index (χ0) is 20.7. The van der Waals surface area contributed by atoms with Crippen molar-refractivity contribution >= 4 is 28.6 Å². The van der Waals surface area contributed by atoms with Crippen LogP contribution in [0.3, 0.4) is 0 Å². The predicted molar refractivity (Wildman–Crippen MR) is 108 cm³/mol. The van der Waals surface area contributed by atoms with E-state index in [9.17, 15) is 14.4 Å². The van der Waals surface area contributed by atoms with Gasteiger partial charge in [0.2, 0.25) is 17.7 Å². The molecule has 1 aromatic carbocycles. The van der Waals surface area contributed by atoms with E-state index in [0.717, 1.165) is 16.5 Å². The number of amides is 3. The van der Waals surface area contributed by atoms with E-state index < -0.39 is 17.9 Å². The number of fused-ring (bicyclic) bond motifs is 1. The van der Waals surface area contributed by atoms with E-state index in [-0.39, 0.29) is 24.3 Å². The molecule has 152 valence electrons. The quantitative estimate of drug-likeness (QED) is 0.389. The summed E-state index contributed by atoms with van der Waals surface area (Å²) < 4.78 is 0. The van der Waals surface area contributed by atoms with Crippen LogP contribution in [0.25, 0.3) is 10.9 Å². The van der Waals surface area contributed by atoms with Crippen molar-refractivity contribution in [1.82, 2.24) is 21.2 Å². The Kier molecular flexibility index (Phi) is 7.57. The highest BCUT2D eigenvalue weighted by molar-refractivity contribution is 5.89. The van der Waals surface area contributed by atoms with Crippen LogP contribution in [-0.2, 0) is 20.8 Å². The standard InChI is InChI=1S/C20H29N5O3/c1-12(2)8-15(11-23-25-13(3)26)20(28)24-18(19(21)27)9-14-10-22-17-7-5-4-6-16(14)17/h4-7,10,12,15,18,22-23H,8-9,11H2,1-3H3,(H2,21,27)(H,24,28)(H,25,26). The van der Waals surface area contributed by atoms with Crippen LogP contribution in [0.5, 0.6) is 0 Å². The third-order valence-corrected chi connectivity index (χ3v) is 4.50. The lowest BCUT2D eigenvalue weighted by Gasteiger charge is -2.22. The van der Waals surface area contributed by atoms with E-state index in [4.69, 9.17) is 5.73 Å². The van der Waals surface area contributed by atoms with Gasteiger partial charge in [0, 0.05) is 37.0 Å². The average Bonchev–Trinajstić information content (AvgIpc) is 3.02. The van der Waals surface area contributed by atoms with E-state index in [1.807, 2.05) is 44.3 Å². The first-order valence-electron chi connectivity index (χ1n) is 9.42. The molecule has 2 rings (SSSR count). The van der Waals surface area contributed by atoms with Gasteiger partial charge in [-0.15, -0.1) is 0 Å². The molecule has 0 aliphatic rings. The molecule has 0 aliphatic heterocycles. The van der Waals surface area contributed by atoms with Crippen LogP contribution < -0.4 is 21.9 Å². The molecule has 8 nitrogen and oxygen atoms in total. The van der Waals surface area contributed by atoms with Crippen molar-refractivity contribution in [3.05, 3.63) is 36.0 Å². The minimum Gasteiger partial charge on any atom is -0.368 e. The van der Waals surface area contributed by atoms with Gasteiger partial charge in [0.1, 0.15) is 6.04 Å². The van der Waals surface area contributed by atoms with Gasteiger partial charge in [0.05, 0.1) is 5.92 Å². The monoisotopic (exact) mass is 387 g/mol. The molecule has 0 bridgehead atoms. The zero-order valence-electron chi connectivity index (χ0n) is 16.5. The fraction of sp³-hybridized carbons (Fsp3) is 0.450. The molecule has 0 aliphatic carbocycles. The van der Waals surface area contributed by atoms with Gasteiger partial charge in [0.15, 0.2) is 0 Å². The number of carbonyl (C=O) groups is 3. The Hall–Kier alpha value is -2.87. The van der Waals surface area contributed by atoms with Crippen molar-refractivity contribution in [3.8, 4) is 0 Å². The number of aromatic nitrogens is 1. The highest BCUT2D eigenvalue weighted by Gasteiger charge is 2.26. The molecule has 0 saturated carbocycles. The second-order valence-electron chi connectivity index (χ2n) is 7.42. The first-order chi connectivity index (χ1) is 13.3. The van der Waals surface area contributed by atoms with Crippen LogP contribution >= 0.6 is 0 Å². The van der Waals surface area contributed by atoms with Crippen molar-refractivity contribution in [2.45, 2.75) is 39.7 Å². The number of para-hydroxylation sites is 1. The third kappa shape index (κ3) is 6.09. The first-order valence-corrected chi connectivity index (χ1v) is 9.42. The topological polar surface area (TPSA) is 129 Å². The van der Waals surface area contributed by atoms with E-state index in [2.05, 4.69) is 21.2 Å². The van der Waals surface area contributed by atoms with Gasteiger partial charge in [-0.05, 0) is 24.0 Å². The highest BCUT2D eigenvalue weighted by Crippen LogP contribution is 2.19. The van der Waals surface area contributed by atoms with Crippen LogP contribution in [0.2, 0.25) is 0 Å². The Bertz CT molecular complexity index is 830. The number of rotatable bonds is 10. The highest BCUT2D eigenvalue weighted by atomic mass is 16.2. The maximum Gasteiger partial charge on any atom is 0.240 e. The molecular weight excluding hydrogens is 358 g/mol. The molecule has 28 heavy (non-hydrogen) atoms. The molecule has 0 spiro atoms. The van der Waals surface area contributed by atoms with Gasteiger partial charge in [-0.2, -0.15) is 0 Å². The normalized spacial score (nSPS) is 13.3. The average molecular weight is 387 g/mol. The molecule has 1 heterocycles. The number of H-pyrrole nitrogens is 1. The Morgan fingerprint density at radius 1 is 1.18 bits per heavy atom. The first kappa shape index (κ1) is 21.4. The number of primary amides is 1. The second kappa shape index (κ2) is 9.89. The summed E-state index contributed by atoms with van der Waals surface area (Å²) in [6.45, 7) is 5.67. The van der Waals surface area contributed by atoms with E-state index in [1.54, 1.807) is 0 Å². The zero-order valence-corrected chi connectivity index (χ0v) is 16.5. The largest absolute Gasteiger partial charge is 0.368 e. The second-order valence-corrected chi connectivity index (χ2v) is 7.42. The van der Waals surface area contributed by atoms with Gasteiger partial charge in [-0.3, -0.25) is 19.8 Å². The maximum atomic E-state index is 12.8. The number of hydrazine groups is 1. The smallest absolute Gasteiger partial charge is 0.240 e. The number of benzene rings is 1. The number of hydrogen-bond acceptors (Lipinski definition) is 4. The van der Waals surface area contributed by atoms with Crippen molar-refractivity contribution in [2.24, 2.45) is 17.6 Å². The fourth-order valence-corrected chi connectivity index (χ4v) is 3.18. The summed E-state index contributed by atoms with van der Waals surface area (Å²) >= 11 is 0. The van der Waals surface area contributed by atoms with Gasteiger partial charge < -0.3 is 16.0 Å². The number of carbonyl (C=O) groups excluding carboxylic acids is 3. The number of nitrogens with one attached hydrogen (secondary N) is 4. The molecular formula is C20H29N5O3. The minimum absolute atomic E-state index is 0.238. The van der Waals surface area contributed by atoms with Crippen molar-refractivity contribution in [2.75, 3.05) is 6.54 Å². The Balaban J connectivity index is 2.08. The van der Waals surface area contributed by atoms with Crippen LogP contribution in [0.1, 0.15) is 32.8 Å². The summed E-state index contributed by atoms with van der Waals surface area (Å²) in [5, 5.41) is 3.78. The molecule has 8 heteroatoms.